The number of aromatic nitrogens is 1. The first-order chi connectivity index (χ1) is 18.5. The molecule has 0 saturated carbocycles. The van der Waals surface area contributed by atoms with Gasteiger partial charge in [0.05, 0.1) is 30.7 Å². The van der Waals surface area contributed by atoms with Crippen molar-refractivity contribution in [1.29, 1.82) is 0 Å². The third-order valence-corrected chi connectivity index (χ3v) is 7.27. The molecule has 1 amide bonds. The summed E-state index contributed by atoms with van der Waals surface area (Å²) < 4.78 is 13.3. The molecule has 0 spiro atoms. The van der Waals surface area contributed by atoms with Gasteiger partial charge in [0.1, 0.15) is 11.5 Å². The number of nitrogens with zero attached hydrogens (tertiary/aromatic N) is 3. The number of amides is 1. The Labute approximate surface area is 229 Å². The second-order valence-corrected chi connectivity index (χ2v) is 9.69. The maximum atomic E-state index is 13.8. The molecule has 0 unspecified atom stereocenters. The topological polar surface area (TPSA) is 46.9 Å². The van der Waals surface area contributed by atoms with Gasteiger partial charge in [-0.3, -0.25) is 4.79 Å². The fourth-order valence-electron chi connectivity index (χ4n) is 5.04. The normalized spacial score (nSPS) is 13.5. The van der Waals surface area contributed by atoms with Gasteiger partial charge in [0.15, 0.2) is 0 Å². The van der Waals surface area contributed by atoms with Gasteiger partial charge in [0.2, 0.25) is 0 Å². The van der Waals surface area contributed by atoms with Crippen LogP contribution in [0.3, 0.4) is 0 Å². The van der Waals surface area contributed by atoms with Crippen LogP contribution in [0, 0.1) is 6.92 Å². The Bertz CT molecular complexity index is 1410. The van der Waals surface area contributed by atoms with Gasteiger partial charge in [-0.05, 0) is 74.0 Å². The first-order valence-corrected chi connectivity index (χ1v) is 13.3. The van der Waals surface area contributed by atoms with Gasteiger partial charge in [0, 0.05) is 42.6 Å². The van der Waals surface area contributed by atoms with E-state index in [4.69, 9.17) is 21.1 Å². The first kappa shape index (κ1) is 25.7. The molecule has 0 N–H and O–H groups in total. The lowest BCUT2D eigenvalue weighted by Gasteiger charge is -2.36. The minimum absolute atomic E-state index is 0.0442. The summed E-state index contributed by atoms with van der Waals surface area (Å²) in [5.41, 5.74) is 5.57. The van der Waals surface area contributed by atoms with Crippen molar-refractivity contribution in [1.82, 2.24) is 9.47 Å². The molecule has 0 radical (unpaired) electrons. The molecule has 6 nitrogen and oxygen atoms in total. The van der Waals surface area contributed by atoms with Crippen molar-refractivity contribution in [2.24, 2.45) is 0 Å². The molecule has 3 aromatic carbocycles. The fraction of sp³-hybridized carbons (Fsp3) is 0.258. The van der Waals surface area contributed by atoms with E-state index in [1.165, 1.54) is 0 Å². The number of halogens is 1. The van der Waals surface area contributed by atoms with E-state index in [1.54, 1.807) is 7.11 Å². The number of hydrogen-bond donors (Lipinski definition) is 0. The Kier molecular flexibility index (Phi) is 7.61. The van der Waals surface area contributed by atoms with E-state index in [1.807, 2.05) is 91.5 Å². The molecule has 38 heavy (non-hydrogen) atoms. The summed E-state index contributed by atoms with van der Waals surface area (Å²) in [6.07, 6.45) is 0. The standard InChI is InChI=1S/C31H32ClN3O3/c1-4-38-30-8-6-5-7-28(30)33-17-19-34(20-18-33)31(36)27-21-29(23-9-11-24(32)12-10-23)35(22(27)2)25-13-15-26(37-3)16-14-25/h5-16,21H,4,17-20H2,1-3H3. The first-order valence-electron chi connectivity index (χ1n) is 12.9. The summed E-state index contributed by atoms with van der Waals surface area (Å²) in [5, 5.41) is 0.674. The number of rotatable bonds is 7. The highest BCUT2D eigenvalue weighted by Gasteiger charge is 2.27. The van der Waals surface area contributed by atoms with Crippen LogP contribution in [0.15, 0.2) is 78.9 Å². The summed E-state index contributed by atoms with van der Waals surface area (Å²) in [6, 6.07) is 25.7. The number of hydrogen-bond acceptors (Lipinski definition) is 4. The molecular formula is C31H32ClN3O3. The smallest absolute Gasteiger partial charge is 0.255 e. The molecule has 196 valence electrons. The van der Waals surface area contributed by atoms with Crippen molar-refractivity contribution in [2.75, 3.05) is 44.8 Å². The molecule has 1 fully saturated rings. The van der Waals surface area contributed by atoms with E-state index in [2.05, 4.69) is 15.5 Å². The SMILES string of the molecule is CCOc1ccccc1N1CCN(C(=O)c2cc(-c3ccc(Cl)cc3)n(-c3ccc(OC)cc3)c2C)CC1. The van der Waals surface area contributed by atoms with Crippen LogP contribution in [-0.4, -0.2) is 55.3 Å². The molecule has 0 atom stereocenters. The van der Waals surface area contributed by atoms with Gasteiger partial charge in [-0.2, -0.15) is 0 Å². The molecule has 5 rings (SSSR count). The Morgan fingerprint density at radius 2 is 1.61 bits per heavy atom. The lowest BCUT2D eigenvalue weighted by atomic mass is 10.1. The van der Waals surface area contributed by atoms with Crippen LogP contribution in [0.5, 0.6) is 11.5 Å². The third-order valence-electron chi connectivity index (χ3n) is 7.02. The van der Waals surface area contributed by atoms with Gasteiger partial charge < -0.3 is 23.8 Å². The third kappa shape index (κ3) is 5.09. The van der Waals surface area contributed by atoms with Crippen LogP contribution in [0.2, 0.25) is 5.02 Å². The number of piperazine rings is 1. The lowest BCUT2D eigenvalue weighted by Crippen LogP contribution is -2.49. The van der Waals surface area contributed by atoms with Crippen LogP contribution in [-0.2, 0) is 0 Å². The minimum atomic E-state index is 0.0442. The Morgan fingerprint density at radius 1 is 0.921 bits per heavy atom. The fourth-order valence-corrected chi connectivity index (χ4v) is 5.16. The Hall–Kier alpha value is -3.90. The van der Waals surface area contributed by atoms with Gasteiger partial charge in [0.25, 0.3) is 5.91 Å². The zero-order valence-electron chi connectivity index (χ0n) is 22.0. The Morgan fingerprint density at radius 3 is 2.26 bits per heavy atom. The minimum Gasteiger partial charge on any atom is -0.497 e. The predicted molar refractivity (Wildman–Crippen MR) is 153 cm³/mol. The molecule has 1 saturated heterocycles. The predicted octanol–water partition coefficient (Wildman–Crippen LogP) is 6.48. The molecule has 0 bridgehead atoms. The second-order valence-electron chi connectivity index (χ2n) is 9.25. The summed E-state index contributed by atoms with van der Waals surface area (Å²) in [7, 11) is 1.65. The van der Waals surface area contributed by atoms with Crippen molar-refractivity contribution < 1.29 is 14.3 Å². The molecule has 0 aliphatic carbocycles. The van der Waals surface area contributed by atoms with Crippen molar-refractivity contribution in [3.05, 3.63) is 95.1 Å². The van der Waals surface area contributed by atoms with E-state index < -0.39 is 0 Å². The molecule has 1 aromatic heterocycles. The molecule has 4 aromatic rings. The van der Waals surface area contributed by atoms with Crippen LogP contribution in [0.1, 0.15) is 23.0 Å². The number of carbonyl (C=O) groups is 1. The van der Waals surface area contributed by atoms with E-state index in [9.17, 15) is 4.79 Å². The maximum Gasteiger partial charge on any atom is 0.255 e. The lowest BCUT2D eigenvalue weighted by molar-refractivity contribution is 0.0746. The molecule has 7 heteroatoms. The van der Waals surface area contributed by atoms with Crippen LogP contribution in [0.4, 0.5) is 5.69 Å². The Balaban J connectivity index is 1.43. The van der Waals surface area contributed by atoms with Gasteiger partial charge >= 0.3 is 0 Å². The number of carbonyl (C=O) groups excluding carboxylic acids is 1. The molecule has 1 aliphatic rings. The average molecular weight is 530 g/mol. The maximum absolute atomic E-state index is 13.8. The zero-order chi connectivity index (χ0) is 26.6. The number of methoxy groups -OCH3 is 1. The molecule has 2 heterocycles. The summed E-state index contributed by atoms with van der Waals surface area (Å²) in [4.78, 5) is 18.1. The number of para-hydroxylation sites is 2. The number of anilines is 1. The highest BCUT2D eigenvalue weighted by molar-refractivity contribution is 6.30. The van der Waals surface area contributed by atoms with E-state index >= 15 is 0 Å². The zero-order valence-corrected chi connectivity index (χ0v) is 22.7. The van der Waals surface area contributed by atoms with Gasteiger partial charge in [-0.1, -0.05) is 35.9 Å². The second kappa shape index (κ2) is 11.2. The molecule has 1 aliphatic heterocycles. The van der Waals surface area contributed by atoms with E-state index in [0.717, 1.165) is 52.9 Å². The van der Waals surface area contributed by atoms with Crippen molar-refractivity contribution in [3.63, 3.8) is 0 Å². The number of ether oxygens (including phenoxy) is 2. The van der Waals surface area contributed by atoms with Crippen LogP contribution >= 0.6 is 11.6 Å². The summed E-state index contributed by atoms with van der Waals surface area (Å²) in [6.45, 7) is 7.40. The van der Waals surface area contributed by atoms with Gasteiger partial charge in [-0.15, -0.1) is 0 Å². The van der Waals surface area contributed by atoms with Crippen molar-refractivity contribution in [3.8, 4) is 28.4 Å². The summed E-state index contributed by atoms with van der Waals surface area (Å²) >= 11 is 6.17. The highest BCUT2D eigenvalue weighted by atomic mass is 35.5. The van der Waals surface area contributed by atoms with Gasteiger partial charge in [-0.25, -0.2) is 0 Å². The average Bonchev–Trinajstić information content (AvgIpc) is 3.30. The monoisotopic (exact) mass is 529 g/mol. The number of benzene rings is 3. The van der Waals surface area contributed by atoms with Crippen molar-refractivity contribution >= 4 is 23.2 Å². The van der Waals surface area contributed by atoms with Crippen molar-refractivity contribution in [2.45, 2.75) is 13.8 Å². The molecular weight excluding hydrogens is 498 g/mol. The highest BCUT2D eigenvalue weighted by Crippen LogP contribution is 2.33. The quantitative estimate of drug-likeness (QED) is 0.275. The van der Waals surface area contributed by atoms with Crippen LogP contribution < -0.4 is 14.4 Å². The van der Waals surface area contributed by atoms with E-state index in [-0.39, 0.29) is 5.91 Å². The summed E-state index contributed by atoms with van der Waals surface area (Å²) in [5.74, 6) is 1.71. The van der Waals surface area contributed by atoms with E-state index in [0.29, 0.717) is 30.3 Å². The largest absolute Gasteiger partial charge is 0.497 e. The van der Waals surface area contributed by atoms with Crippen LogP contribution in [0.25, 0.3) is 16.9 Å².